The molecule has 2 heterocycles. The maximum absolute atomic E-state index is 12.3. The molecule has 112 valence electrons. The summed E-state index contributed by atoms with van der Waals surface area (Å²) in [6.07, 6.45) is 3.79. The molecule has 1 aliphatic rings. The summed E-state index contributed by atoms with van der Waals surface area (Å²) in [5.41, 5.74) is 2.11. The van der Waals surface area contributed by atoms with Gasteiger partial charge in [-0.05, 0) is 37.5 Å². The summed E-state index contributed by atoms with van der Waals surface area (Å²) in [6, 6.07) is 5.29. The highest BCUT2D eigenvalue weighted by atomic mass is 32.2. The van der Waals surface area contributed by atoms with Gasteiger partial charge in [0.2, 0.25) is 10.0 Å². The van der Waals surface area contributed by atoms with Crippen molar-refractivity contribution in [3.8, 4) is 0 Å². The minimum absolute atomic E-state index is 0.276. The molecule has 0 atom stereocenters. The summed E-state index contributed by atoms with van der Waals surface area (Å²) in [5, 5.41) is 4.18. The number of aromatic nitrogens is 1. The molecule has 0 fully saturated rings. The fourth-order valence-corrected chi connectivity index (χ4v) is 4.20. The van der Waals surface area contributed by atoms with Gasteiger partial charge in [-0.2, -0.15) is 0 Å². The lowest BCUT2D eigenvalue weighted by Gasteiger charge is -2.18. The van der Waals surface area contributed by atoms with Crippen LogP contribution in [0.15, 0.2) is 29.3 Å². The van der Waals surface area contributed by atoms with Crippen LogP contribution in [0.25, 0.3) is 0 Å². The average Bonchev–Trinajstić information content (AvgIpc) is 2.90. The molecule has 0 aliphatic carbocycles. The number of thiazole rings is 1. The molecule has 0 spiro atoms. The summed E-state index contributed by atoms with van der Waals surface area (Å²) in [5.74, 6) is 0. The quantitative estimate of drug-likeness (QED) is 0.905. The van der Waals surface area contributed by atoms with E-state index in [9.17, 15) is 8.42 Å². The van der Waals surface area contributed by atoms with E-state index in [1.54, 1.807) is 18.3 Å². The van der Waals surface area contributed by atoms with Crippen LogP contribution in [0, 0.1) is 6.92 Å². The van der Waals surface area contributed by atoms with Crippen molar-refractivity contribution in [1.82, 2.24) is 9.71 Å². The molecule has 3 rings (SSSR count). The second-order valence-corrected chi connectivity index (χ2v) is 8.11. The van der Waals surface area contributed by atoms with E-state index < -0.39 is 10.0 Å². The van der Waals surface area contributed by atoms with E-state index in [1.807, 2.05) is 13.0 Å². The van der Waals surface area contributed by atoms with Crippen LogP contribution in [0.1, 0.15) is 21.9 Å². The van der Waals surface area contributed by atoms with E-state index >= 15 is 0 Å². The lowest BCUT2D eigenvalue weighted by atomic mass is 10.0. The average molecular weight is 323 g/mol. The zero-order valence-corrected chi connectivity index (χ0v) is 13.4. The number of fused-ring (bicyclic) bond motifs is 1. The Morgan fingerprint density at radius 3 is 3.05 bits per heavy atom. The largest absolute Gasteiger partial charge is 0.385 e. The summed E-state index contributed by atoms with van der Waals surface area (Å²) in [6.45, 7) is 3.07. The molecule has 0 saturated heterocycles. The Hall–Kier alpha value is -1.44. The standard InChI is InChI=1S/C14H17N3O2S2/c1-10-16-8-12(20-10)9-17-21(18,19)13-5-4-11-3-2-6-15-14(11)7-13/h4-5,7-8,15,17H,2-3,6,9H2,1H3. The number of rotatable bonds is 4. The van der Waals surface area contributed by atoms with E-state index in [-0.39, 0.29) is 6.54 Å². The summed E-state index contributed by atoms with van der Waals surface area (Å²) >= 11 is 1.50. The van der Waals surface area contributed by atoms with Gasteiger partial charge in [-0.15, -0.1) is 11.3 Å². The van der Waals surface area contributed by atoms with Crippen molar-refractivity contribution in [2.45, 2.75) is 31.2 Å². The van der Waals surface area contributed by atoms with Gasteiger partial charge in [0.15, 0.2) is 0 Å². The van der Waals surface area contributed by atoms with Crippen LogP contribution in [0.2, 0.25) is 0 Å². The summed E-state index contributed by atoms with van der Waals surface area (Å²) in [7, 11) is -3.49. The summed E-state index contributed by atoms with van der Waals surface area (Å²) in [4.78, 5) is 5.33. The molecule has 1 aromatic carbocycles. The fourth-order valence-electron chi connectivity index (χ4n) is 2.34. The number of nitrogens with one attached hydrogen (secondary N) is 2. The first-order valence-electron chi connectivity index (χ1n) is 6.82. The van der Waals surface area contributed by atoms with Gasteiger partial charge in [0.1, 0.15) is 0 Å². The van der Waals surface area contributed by atoms with Gasteiger partial charge < -0.3 is 5.32 Å². The van der Waals surface area contributed by atoms with Gasteiger partial charge in [-0.25, -0.2) is 18.1 Å². The first-order chi connectivity index (χ1) is 10.0. The van der Waals surface area contributed by atoms with Crippen LogP contribution in [-0.2, 0) is 23.0 Å². The van der Waals surface area contributed by atoms with Crippen molar-refractivity contribution in [2.75, 3.05) is 11.9 Å². The molecule has 1 aliphatic heterocycles. The van der Waals surface area contributed by atoms with Crippen LogP contribution >= 0.6 is 11.3 Å². The predicted molar refractivity (Wildman–Crippen MR) is 84.1 cm³/mol. The van der Waals surface area contributed by atoms with Crippen molar-refractivity contribution in [3.05, 3.63) is 39.8 Å². The van der Waals surface area contributed by atoms with E-state index in [2.05, 4.69) is 15.0 Å². The summed E-state index contributed by atoms with van der Waals surface area (Å²) < 4.78 is 27.3. The third-order valence-electron chi connectivity index (χ3n) is 3.44. The van der Waals surface area contributed by atoms with Gasteiger partial charge in [0.25, 0.3) is 0 Å². The molecule has 0 saturated carbocycles. The van der Waals surface area contributed by atoms with Gasteiger partial charge in [-0.1, -0.05) is 6.07 Å². The molecule has 0 amide bonds. The molecular formula is C14H17N3O2S2. The number of hydrogen-bond donors (Lipinski definition) is 2. The zero-order valence-electron chi connectivity index (χ0n) is 11.7. The number of hydrogen-bond acceptors (Lipinski definition) is 5. The van der Waals surface area contributed by atoms with Gasteiger partial charge in [0, 0.05) is 29.9 Å². The molecule has 2 N–H and O–H groups in total. The smallest absolute Gasteiger partial charge is 0.240 e. The van der Waals surface area contributed by atoms with Crippen LogP contribution in [0.4, 0.5) is 5.69 Å². The molecule has 2 aromatic rings. The third-order valence-corrected chi connectivity index (χ3v) is 5.75. The lowest BCUT2D eigenvalue weighted by Crippen LogP contribution is -2.23. The zero-order chi connectivity index (χ0) is 14.9. The van der Waals surface area contributed by atoms with Gasteiger partial charge in [-0.3, -0.25) is 0 Å². The van der Waals surface area contributed by atoms with Gasteiger partial charge >= 0.3 is 0 Å². The number of benzene rings is 1. The Labute approximate surface area is 128 Å². The topological polar surface area (TPSA) is 71.1 Å². The molecule has 0 bridgehead atoms. The Bertz CT molecular complexity index is 753. The highest BCUT2D eigenvalue weighted by molar-refractivity contribution is 7.89. The Morgan fingerprint density at radius 1 is 1.43 bits per heavy atom. The van der Waals surface area contributed by atoms with E-state index in [0.717, 1.165) is 35.0 Å². The van der Waals surface area contributed by atoms with Crippen molar-refractivity contribution in [1.29, 1.82) is 0 Å². The van der Waals surface area contributed by atoms with Crippen LogP contribution in [-0.4, -0.2) is 19.9 Å². The number of sulfonamides is 1. The minimum Gasteiger partial charge on any atom is -0.385 e. The highest BCUT2D eigenvalue weighted by Crippen LogP contribution is 2.25. The number of aryl methyl sites for hydroxylation is 2. The number of anilines is 1. The van der Waals surface area contributed by atoms with Crippen LogP contribution < -0.4 is 10.0 Å². The maximum Gasteiger partial charge on any atom is 0.240 e. The van der Waals surface area contributed by atoms with E-state index in [4.69, 9.17) is 0 Å². The Kier molecular flexibility index (Phi) is 3.97. The normalized spacial score (nSPS) is 14.5. The third kappa shape index (κ3) is 3.25. The maximum atomic E-state index is 12.3. The van der Waals surface area contributed by atoms with E-state index in [0.29, 0.717) is 4.90 Å². The second-order valence-electron chi connectivity index (χ2n) is 5.02. The van der Waals surface area contributed by atoms with Crippen LogP contribution in [0.5, 0.6) is 0 Å². The Balaban J connectivity index is 1.78. The fraction of sp³-hybridized carbons (Fsp3) is 0.357. The monoisotopic (exact) mass is 323 g/mol. The lowest BCUT2D eigenvalue weighted by molar-refractivity contribution is 0.581. The molecule has 1 aromatic heterocycles. The SMILES string of the molecule is Cc1ncc(CNS(=O)(=O)c2ccc3c(c2)NCCC3)s1. The molecule has 21 heavy (non-hydrogen) atoms. The van der Waals surface area contributed by atoms with Crippen LogP contribution in [0.3, 0.4) is 0 Å². The molecular weight excluding hydrogens is 306 g/mol. The molecule has 0 radical (unpaired) electrons. The number of nitrogens with zero attached hydrogens (tertiary/aromatic N) is 1. The second kappa shape index (κ2) is 5.75. The minimum atomic E-state index is -3.49. The highest BCUT2D eigenvalue weighted by Gasteiger charge is 2.17. The molecule has 0 unspecified atom stereocenters. The van der Waals surface area contributed by atoms with Crippen molar-refractivity contribution in [3.63, 3.8) is 0 Å². The van der Waals surface area contributed by atoms with Crippen molar-refractivity contribution in [2.24, 2.45) is 0 Å². The van der Waals surface area contributed by atoms with E-state index in [1.165, 1.54) is 16.9 Å². The van der Waals surface area contributed by atoms with Gasteiger partial charge in [0.05, 0.1) is 9.90 Å². The van der Waals surface area contributed by atoms with Crippen molar-refractivity contribution >= 4 is 27.0 Å². The molecule has 5 nitrogen and oxygen atoms in total. The first kappa shape index (κ1) is 14.5. The predicted octanol–water partition coefficient (Wildman–Crippen LogP) is 2.29. The first-order valence-corrected chi connectivity index (χ1v) is 9.12. The molecule has 7 heteroatoms. The Morgan fingerprint density at radius 2 is 2.29 bits per heavy atom. The van der Waals surface area contributed by atoms with Crippen molar-refractivity contribution < 1.29 is 8.42 Å².